The summed E-state index contributed by atoms with van der Waals surface area (Å²) in [4.78, 5) is 0. The summed E-state index contributed by atoms with van der Waals surface area (Å²) in [7, 11) is 0. The van der Waals surface area contributed by atoms with Crippen LogP contribution < -0.4 is 68.9 Å². The molecular formula is C10H15Cs+. The van der Waals surface area contributed by atoms with Gasteiger partial charge in [0.1, 0.15) is 0 Å². The first kappa shape index (κ1) is 12.5. The van der Waals surface area contributed by atoms with Gasteiger partial charge in [-0.3, -0.25) is 0 Å². The van der Waals surface area contributed by atoms with Crippen molar-refractivity contribution in [1.29, 1.82) is 0 Å². The van der Waals surface area contributed by atoms with Crippen LogP contribution in [0.2, 0.25) is 0 Å². The summed E-state index contributed by atoms with van der Waals surface area (Å²) >= 11 is 0. The zero-order chi connectivity index (χ0) is 7.89. The summed E-state index contributed by atoms with van der Waals surface area (Å²) in [6.45, 7) is 11.0. The molecule has 0 N–H and O–H groups in total. The van der Waals surface area contributed by atoms with E-state index in [0.29, 0.717) is 0 Å². The third kappa shape index (κ3) is 2.26. The fourth-order valence-corrected chi connectivity index (χ4v) is 1.41. The standard InChI is InChI=1S/C10H15.Cs/c1-6-7(2)9(4)10(5)8(6)3;/h1-5H3;/q;+1. The van der Waals surface area contributed by atoms with E-state index in [9.17, 15) is 0 Å². The molecular weight excluding hydrogens is 253 g/mol. The second-order valence-electron chi connectivity index (χ2n) is 3.12. The number of allylic oxidation sites excluding steroid dienone is 4. The Morgan fingerprint density at radius 3 is 0.909 bits per heavy atom. The normalized spacial score (nSPS) is 19.4. The zero-order valence-corrected chi connectivity index (χ0v) is 14.8. The van der Waals surface area contributed by atoms with Crippen molar-refractivity contribution in [2.24, 2.45) is 0 Å². The SMILES string of the molecule is C[C]1C(C)=C(C)C(C)=C1C.[Cs+]. The van der Waals surface area contributed by atoms with Gasteiger partial charge >= 0.3 is 68.9 Å². The van der Waals surface area contributed by atoms with Crippen LogP contribution >= 0.6 is 0 Å². The molecule has 0 aromatic heterocycles. The fraction of sp³-hybridized carbons (Fsp3) is 0.500. The summed E-state index contributed by atoms with van der Waals surface area (Å²) in [5, 5.41) is 0. The van der Waals surface area contributed by atoms with Crippen molar-refractivity contribution in [3.63, 3.8) is 0 Å². The van der Waals surface area contributed by atoms with E-state index in [2.05, 4.69) is 34.6 Å². The van der Waals surface area contributed by atoms with Crippen LogP contribution in [0.4, 0.5) is 0 Å². The molecule has 0 aromatic rings. The molecule has 0 unspecified atom stereocenters. The maximum atomic E-state index is 2.20. The zero-order valence-electron chi connectivity index (χ0n) is 8.50. The van der Waals surface area contributed by atoms with Crippen LogP contribution in [0.15, 0.2) is 22.3 Å². The fourth-order valence-electron chi connectivity index (χ4n) is 1.41. The molecule has 0 fully saturated rings. The second-order valence-corrected chi connectivity index (χ2v) is 3.12. The topological polar surface area (TPSA) is 0 Å². The van der Waals surface area contributed by atoms with Crippen molar-refractivity contribution in [3.05, 3.63) is 28.2 Å². The van der Waals surface area contributed by atoms with Crippen LogP contribution in [0.5, 0.6) is 0 Å². The number of rotatable bonds is 0. The van der Waals surface area contributed by atoms with E-state index in [4.69, 9.17) is 0 Å². The molecule has 1 aliphatic rings. The van der Waals surface area contributed by atoms with Crippen LogP contribution in [0.1, 0.15) is 34.6 Å². The molecule has 0 nitrogen and oxygen atoms in total. The molecule has 0 saturated carbocycles. The monoisotopic (exact) mass is 268 g/mol. The van der Waals surface area contributed by atoms with Gasteiger partial charge in [0, 0.05) is 5.92 Å². The predicted octanol–water partition coefficient (Wildman–Crippen LogP) is 0.271. The molecule has 0 aromatic carbocycles. The van der Waals surface area contributed by atoms with Crippen LogP contribution in [0.25, 0.3) is 0 Å². The van der Waals surface area contributed by atoms with Crippen LogP contribution in [-0.2, 0) is 0 Å². The van der Waals surface area contributed by atoms with Crippen LogP contribution in [-0.4, -0.2) is 0 Å². The van der Waals surface area contributed by atoms with E-state index < -0.39 is 0 Å². The Hall–Kier alpha value is 1.53. The summed E-state index contributed by atoms with van der Waals surface area (Å²) in [5.74, 6) is 1.47. The minimum atomic E-state index is 0. The average Bonchev–Trinajstić information content (AvgIpc) is 2.07. The summed E-state index contributed by atoms with van der Waals surface area (Å²) in [5.41, 5.74) is 5.87. The maximum Gasteiger partial charge on any atom is 1.00 e. The van der Waals surface area contributed by atoms with Gasteiger partial charge in [-0.1, -0.05) is 18.1 Å². The molecule has 1 aliphatic carbocycles. The molecule has 0 saturated heterocycles. The Kier molecular flexibility index (Phi) is 5.33. The molecule has 0 amide bonds. The summed E-state index contributed by atoms with van der Waals surface area (Å²) in [6, 6.07) is 0. The van der Waals surface area contributed by atoms with Gasteiger partial charge in [0.25, 0.3) is 0 Å². The Labute approximate surface area is 129 Å². The van der Waals surface area contributed by atoms with E-state index in [1.807, 2.05) is 0 Å². The van der Waals surface area contributed by atoms with Gasteiger partial charge < -0.3 is 0 Å². The van der Waals surface area contributed by atoms with E-state index in [0.717, 1.165) is 0 Å². The minimum Gasteiger partial charge on any atom is -0.0589 e. The third-order valence-electron chi connectivity index (χ3n) is 2.81. The van der Waals surface area contributed by atoms with Crippen molar-refractivity contribution >= 4 is 0 Å². The summed E-state index contributed by atoms with van der Waals surface area (Å²) in [6.07, 6.45) is 0. The van der Waals surface area contributed by atoms with E-state index in [-0.39, 0.29) is 68.9 Å². The van der Waals surface area contributed by atoms with Crippen molar-refractivity contribution in [2.45, 2.75) is 34.6 Å². The molecule has 55 valence electrons. The molecule has 1 rings (SSSR count). The van der Waals surface area contributed by atoms with Gasteiger partial charge in [-0.2, -0.15) is 0 Å². The Bertz CT molecular complexity index is 197. The van der Waals surface area contributed by atoms with E-state index in [1.165, 1.54) is 28.2 Å². The number of hydrogen-bond acceptors (Lipinski definition) is 0. The minimum absolute atomic E-state index is 0. The maximum absolute atomic E-state index is 2.20. The predicted molar refractivity (Wildman–Crippen MR) is 45.7 cm³/mol. The first-order valence-electron chi connectivity index (χ1n) is 3.75. The molecule has 0 heterocycles. The van der Waals surface area contributed by atoms with Crippen LogP contribution in [0.3, 0.4) is 0 Å². The van der Waals surface area contributed by atoms with Gasteiger partial charge in [-0.15, -0.1) is 0 Å². The van der Waals surface area contributed by atoms with Crippen molar-refractivity contribution in [1.82, 2.24) is 0 Å². The van der Waals surface area contributed by atoms with Gasteiger partial charge in [-0.05, 0) is 38.8 Å². The molecule has 1 radical (unpaired) electrons. The number of hydrogen-bond donors (Lipinski definition) is 0. The second kappa shape index (κ2) is 4.68. The van der Waals surface area contributed by atoms with Gasteiger partial charge in [0.15, 0.2) is 0 Å². The Morgan fingerprint density at radius 2 is 0.818 bits per heavy atom. The first-order valence-corrected chi connectivity index (χ1v) is 3.75. The smallest absolute Gasteiger partial charge is 0.0589 e. The third-order valence-corrected chi connectivity index (χ3v) is 2.81. The molecule has 1 heteroatoms. The first-order chi connectivity index (χ1) is 4.55. The Balaban J connectivity index is 0.000001000. The largest absolute Gasteiger partial charge is 1.00 e. The average molecular weight is 268 g/mol. The van der Waals surface area contributed by atoms with Gasteiger partial charge in [0.2, 0.25) is 0 Å². The van der Waals surface area contributed by atoms with Crippen molar-refractivity contribution in [2.75, 3.05) is 0 Å². The van der Waals surface area contributed by atoms with E-state index >= 15 is 0 Å². The molecule has 0 spiro atoms. The van der Waals surface area contributed by atoms with Crippen molar-refractivity contribution in [3.8, 4) is 0 Å². The van der Waals surface area contributed by atoms with Crippen LogP contribution in [0, 0.1) is 5.92 Å². The molecule has 0 atom stereocenters. The molecule has 11 heavy (non-hydrogen) atoms. The molecule has 0 aliphatic heterocycles. The van der Waals surface area contributed by atoms with Gasteiger partial charge in [-0.25, -0.2) is 0 Å². The Morgan fingerprint density at radius 1 is 0.545 bits per heavy atom. The van der Waals surface area contributed by atoms with Crippen molar-refractivity contribution < 1.29 is 68.9 Å². The van der Waals surface area contributed by atoms with Gasteiger partial charge in [0.05, 0.1) is 0 Å². The summed E-state index contributed by atoms with van der Waals surface area (Å²) < 4.78 is 0. The quantitative estimate of drug-likeness (QED) is 0.591. The van der Waals surface area contributed by atoms with E-state index in [1.54, 1.807) is 0 Å². The molecule has 0 bridgehead atoms.